The second-order valence-electron chi connectivity index (χ2n) is 3.66. The summed E-state index contributed by atoms with van der Waals surface area (Å²) in [5.41, 5.74) is 1.35. The molecule has 0 aliphatic heterocycles. The van der Waals surface area contributed by atoms with Crippen molar-refractivity contribution < 1.29 is 24.9 Å². The summed E-state index contributed by atoms with van der Waals surface area (Å²) in [6.07, 6.45) is 0.633. The fourth-order valence-electron chi connectivity index (χ4n) is 1.37. The molecule has 0 radical (unpaired) electrons. The summed E-state index contributed by atoms with van der Waals surface area (Å²) in [5.74, 6) is -3.18. The number of aryl methyl sites for hydroxylation is 2. The Kier molecular flexibility index (Phi) is 3.52. The molecule has 0 atom stereocenters. The first-order valence-corrected chi connectivity index (χ1v) is 4.81. The van der Waals surface area contributed by atoms with E-state index in [4.69, 9.17) is 5.11 Å². The Morgan fingerprint density at radius 1 is 1.12 bits per heavy atom. The van der Waals surface area contributed by atoms with Crippen LogP contribution in [0, 0.1) is 13.8 Å². The Labute approximate surface area is 97.6 Å². The summed E-state index contributed by atoms with van der Waals surface area (Å²) in [7, 11) is 0. The predicted octanol–water partition coefficient (Wildman–Crippen LogP) is 1.56. The van der Waals surface area contributed by atoms with Gasteiger partial charge in [-0.25, -0.2) is 4.79 Å². The number of carbonyl (C=O) groups excluding carboxylic acids is 1. The number of benzene rings is 1. The number of aliphatic carboxylic acids is 1. The third-order valence-electron chi connectivity index (χ3n) is 2.27. The van der Waals surface area contributed by atoms with Gasteiger partial charge in [0.05, 0.1) is 0 Å². The van der Waals surface area contributed by atoms with Crippen molar-refractivity contribution in [3.63, 3.8) is 0 Å². The van der Waals surface area contributed by atoms with Gasteiger partial charge >= 0.3 is 5.97 Å². The monoisotopic (exact) mass is 236 g/mol. The smallest absolute Gasteiger partial charge is 0.376 e. The topological polar surface area (TPSA) is 94.8 Å². The first-order chi connectivity index (χ1) is 7.82. The molecule has 0 heterocycles. The van der Waals surface area contributed by atoms with Crippen molar-refractivity contribution in [1.29, 1.82) is 0 Å². The molecule has 3 N–H and O–H groups in total. The van der Waals surface area contributed by atoms with Gasteiger partial charge in [0, 0.05) is 11.6 Å². The molecule has 90 valence electrons. The highest BCUT2D eigenvalue weighted by Crippen LogP contribution is 2.25. The summed E-state index contributed by atoms with van der Waals surface area (Å²) in [5, 5.41) is 27.5. The summed E-state index contributed by atoms with van der Waals surface area (Å²) >= 11 is 0. The largest absolute Gasteiger partial charge is 0.507 e. The Morgan fingerprint density at radius 3 is 2.00 bits per heavy atom. The zero-order valence-electron chi connectivity index (χ0n) is 9.39. The molecular weight excluding hydrogens is 224 g/mol. The summed E-state index contributed by atoms with van der Waals surface area (Å²) in [6.45, 7) is 3.27. The molecule has 0 saturated carbocycles. The molecule has 0 aliphatic carbocycles. The highest BCUT2D eigenvalue weighted by atomic mass is 16.4. The maximum Gasteiger partial charge on any atom is 0.376 e. The van der Waals surface area contributed by atoms with Crippen molar-refractivity contribution in [1.82, 2.24) is 0 Å². The number of carboxylic acid groups (broad SMARTS) is 1. The molecule has 0 saturated heterocycles. The number of carbonyl (C=O) groups is 2. The first kappa shape index (κ1) is 12.8. The van der Waals surface area contributed by atoms with Gasteiger partial charge in [-0.05, 0) is 37.1 Å². The van der Waals surface area contributed by atoms with Crippen LogP contribution in [0.3, 0.4) is 0 Å². The van der Waals surface area contributed by atoms with Crippen molar-refractivity contribution in [2.24, 2.45) is 0 Å². The van der Waals surface area contributed by atoms with Gasteiger partial charge in [-0.3, -0.25) is 4.79 Å². The normalized spacial score (nSPS) is 11.3. The number of carboxylic acids is 1. The molecule has 5 nitrogen and oxygen atoms in total. The molecule has 0 amide bonds. The fourth-order valence-corrected chi connectivity index (χ4v) is 1.37. The van der Waals surface area contributed by atoms with Crippen LogP contribution in [-0.2, 0) is 9.59 Å². The maximum absolute atomic E-state index is 10.9. The molecule has 5 heteroatoms. The van der Waals surface area contributed by atoms with Crippen molar-refractivity contribution in [2.45, 2.75) is 13.8 Å². The molecule has 0 aliphatic rings. The van der Waals surface area contributed by atoms with E-state index in [1.165, 1.54) is 12.1 Å². The summed E-state index contributed by atoms with van der Waals surface area (Å²) in [6, 6.07) is 2.92. The third kappa shape index (κ3) is 2.84. The van der Waals surface area contributed by atoms with Crippen LogP contribution >= 0.6 is 0 Å². The molecular formula is C12H12O5. The van der Waals surface area contributed by atoms with Gasteiger partial charge in [0.25, 0.3) is 5.78 Å². The minimum absolute atomic E-state index is 0.103. The molecule has 0 fully saturated rings. The van der Waals surface area contributed by atoms with Crippen molar-refractivity contribution in [3.05, 3.63) is 34.9 Å². The molecule has 17 heavy (non-hydrogen) atoms. The number of aliphatic hydroxyl groups is 1. The van der Waals surface area contributed by atoms with Crippen LogP contribution in [0.25, 0.3) is 5.76 Å². The lowest BCUT2D eigenvalue weighted by atomic mass is 10.0. The van der Waals surface area contributed by atoms with E-state index < -0.39 is 17.5 Å². The van der Waals surface area contributed by atoms with Crippen LogP contribution in [-0.4, -0.2) is 27.1 Å². The van der Waals surface area contributed by atoms with Gasteiger partial charge in [0.15, 0.2) is 0 Å². The Morgan fingerprint density at radius 2 is 1.59 bits per heavy atom. The lowest BCUT2D eigenvalue weighted by molar-refractivity contribution is -0.146. The number of phenols is 1. The minimum Gasteiger partial charge on any atom is -0.507 e. The lowest BCUT2D eigenvalue weighted by Crippen LogP contribution is -2.09. The Hall–Kier alpha value is -2.30. The molecule has 1 rings (SSSR count). The number of aliphatic hydroxyl groups excluding tert-OH is 1. The van der Waals surface area contributed by atoms with E-state index in [-0.39, 0.29) is 11.3 Å². The van der Waals surface area contributed by atoms with Crippen LogP contribution in [0.2, 0.25) is 0 Å². The highest BCUT2D eigenvalue weighted by Gasteiger charge is 2.12. The Bertz CT molecular complexity index is 491. The molecule has 1 aromatic rings. The molecule has 0 bridgehead atoms. The predicted molar refractivity (Wildman–Crippen MR) is 60.8 cm³/mol. The SMILES string of the molecule is Cc1cc(C(O)=CC(=O)C(=O)O)cc(C)c1O. The number of rotatable bonds is 3. The van der Waals surface area contributed by atoms with Gasteiger partial charge in [-0.1, -0.05) is 0 Å². The van der Waals surface area contributed by atoms with Crippen molar-refractivity contribution >= 4 is 17.5 Å². The third-order valence-corrected chi connectivity index (χ3v) is 2.27. The molecule has 0 unspecified atom stereocenters. The summed E-state index contributed by atoms with van der Waals surface area (Å²) in [4.78, 5) is 21.2. The van der Waals surface area contributed by atoms with Crippen molar-refractivity contribution in [2.75, 3.05) is 0 Å². The van der Waals surface area contributed by atoms with Crippen molar-refractivity contribution in [3.8, 4) is 5.75 Å². The Balaban J connectivity index is 3.18. The first-order valence-electron chi connectivity index (χ1n) is 4.81. The highest BCUT2D eigenvalue weighted by molar-refractivity contribution is 6.38. The van der Waals surface area contributed by atoms with Crippen LogP contribution in [0.1, 0.15) is 16.7 Å². The number of ketones is 1. The molecule has 0 aromatic heterocycles. The average molecular weight is 236 g/mol. The van der Waals surface area contributed by atoms with Crippen LogP contribution in [0.4, 0.5) is 0 Å². The van der Waals surface area contributed by atoms with E-state index >= 15 is 0 Å². The fraction of sp³-hybridized carbons (Fsp3) is 0.167. The molecule has 1 aromatic carbocycles. The number of phenolic OH excluding ortho intramolecular Hbond substituents is 1. The average Bonchev–Trinajstić information content (AvgIpc) is 2.24. The zero-order valence-corrected chi connectivity index (χ0v) is 9.39. The molecule has 0 spiro atoms. The van der Waals surface area contributed by atoms with Crippen LogP contribution in [0.15, 0.2) is 18.2 Å². The van der Waals surface area contributed by atoms with Gasteiger partial charge in [-0.2, -0.15) is 0 Å². The van der Waals surface area contributed by atoms with Gasteiger partial charge in [0.1, 0.15) is 11.5 Å². The van der Waals surface area contributed by atoms with Gasteiger partial charge < -0.3 is 15.3 Å². The maximum atomic E-state index is 10.9. The second-order valence-corrected chi connectivity index (χ2v) is 3.66. The lowest BCUT2D eigenvalue weighted by Gasteiger charge is -2.06. The number of hydrogen-bond donors (Lipinski definition) is 3. The van der Waals surface area contributed by atoms with E-state index in [1.54, 1.807) is 13.8 Å². The van der Waals surface area contributed by atoms with Gasteiger partial charge in [-0.15, -0.1) is 0 Å². The van der Waals surface area contributed by atoms with E-state index in [9.17, 15) is 19.8 Å². The van der Waals surface area contributed by atoms with E-state index in [0.29, 0.717) is 17.2 Å². The number of aromatic hydroxyl groups is 1. The second kappa shape index (κ2) is 4.69. The van der Waals surface area contributed by atoms with E-state index in [0.717, 1.165) is 0 Å². The van der Waals surface area contributed by atoms with E-state index in [2.05, 4.69) is 0 Å². The zero-order chi connectivity index (χ0) is 13.2. The minimum atomic E-state index is -1.64. The standard InChI is InChI=1S/C12H12O5/c1-6-3-8(4-7(2)11(6)15)9(13)5-10(14)12(16)17/h3-5,13,15H,1-2H3,(H,16,17). The van der Waals surface area contributed by atoms with Crippen LogP contribution < -0.4 is 0 Å². The van der Waals surface area contributed by atoms with Crippen LogP contribution in [0.5, 0.6) is 5.75 Å². The quantitative estimate of drug-likeness (QED) is 0.420. The van der Waals surface area contributed by atoms with Gasteiger partial charge in [0.2, 0.25) is 0 Å². The van der Waals surface area contributed by atoms with E-state index in [1.807, 2.05) is 0 Å². The summed E-state index contributed by atoms with van der Waals surface area (Å²) < 4.78 is 0. The number of hydrogen-bond acceptors (Lipinski definition) is 4.